The molecule has 0 atom stereocenters. The van der Waals surface area contributed by atoms with Crippen LogP contribution in [0, 0.1) is 6.92 Å². The molecule has 1 aromatic heterocycles. The second kappa shape index (κ2) is 9.25. The molecule has 1 amide bonds. The Bertz CT molecular complexity index is 926. The number of thioether (sulfide) groups is 1. The van der Waals surface area contributed by atoms with Crippen molar-refractivity contribution in [3.8, 4) is 5.75 Å². The van der Waals surface area contributed by atoms with Crippen LogP contribution < -0.4 is 15.7 Å². The average Bonchev–Trinajstić information content (AvgIpc) is 2.69. The first-order valence-corrected chi connectivity index (χ1v) is 10.3. The lowest BCUT2D eigenvalue weighted by Gasteiger charge is -2.22. The third-order valence-electron chi connectivity index (χ3n) is 4.74. The summed E-state index contributed by atoms with van der Waals surface area (Å²) in [5, 5.41) is 12.7. The fourth-order valence-electron chi connectivity index (χ4n) is 3.44. The molecular weight excluding hydrogens is 378 g/mol. The maximum absolute atomic E-state index is 12.5. The van der Waals surface area contributed by atoms with Crippen LogP contribution in [0.15, 0.2) is 28.0 Å². The highest BCUT2D eigenvalue weighted by Crippen LogP contribution is 2.29. The van der Waals surface area contributed by atoms with Crippen molar-refractivity contribution in [2.24, 2.45) is 0 Å². The lowest BCUT2D eigenvalue weighted by Crippen LogP contribution is -2.31. The number of benzene rings is 1. The van der Waals surface area contributed by atoms with Crippen molar-refractivity contribution in [1.82, 2.24) is 9.55 Å². The molecular formula is C20H25N3O4S. The average molecular weight is 404 g/mol. The molecule has 0 bridgehead atoms. The number of rotatable bonds is 7. The SMILES string of the molecule is COc1ccc(C)cc1NC(=O)CSc1nc(=O)n(CCO)c2c1CCCC2. The monoisotopic (exact) mass is 403 g/mol. The number of hydrogen-bond acceptors (Lipinski definition) is 6. The van der Waals surface area contributed by atoms with Crippen molar-refractivity contribution < 1.29 is 14.6 Å². The van der Waals surface area contributed by atoms with Crippen LogP contribution in [0.25, 0.3) is 0 Å². The number of nitrogens with zero attached hydrogens (tertiary/aromatic N) is 2. The zero-order valence-corrected chi connectivity index (χ0v) is 17.0. The van der Waals surface area contributed by atoms with Crippen LogP contribution in [0.1, 0.15) is 29.7 Å². The van der Waals surface area contributed by atoms with Crippen LogP contribution in [0.2, 0.25) is 0 Å². The summed E-state index contributed by atoms with van der Waals surface area (Å²) in [6, 6.07) is 5.59. The van der Waals surface area contributed by atoms with Gasteiger partial charge in [0.05, 0.1) is 31.7 Å². The van der Waals surface area contributed by atoms with E-state index in [1.54, 1.807) is 11.7 Å². The van der Waals surface area contributed by atoms with E-state index >= 15 is 0 Å². The first kappa shape index (κ1) is 20.4. The van der Waals surface area contributed by atoms with Gasteiger partial charge in [0.1, 0.15) is 10.8 Å². The van der Waals surface area contributed by atoms with E-state index in [1.165, 1.54) is 11.8 Å². The highest BCUT2D eigenvalue weighted by atomic mass is 32.2. The van der Waals surface area contributed by atoms with Gasteiger partial charge >= 0.3 is 5.69 Å². The Balaban J connectivity index is 1.76. The fourth-order valence-corrected chi connectivity index (χ4v) is 4.31. The number of aromatic nitrogens is 2. The summed E-state index contributed by atoms with van der Waals surface area (Å²) in [5.74, 6) is 0.575. The Hall–Kier alpha value is -2.32. The topological polar surface area (TPSA) is 93.5 Å². The van der Waals surface area contributed by atoms with E-state index in [2.05, 4.69) is 10.3 Å². The van der Waals surface area contributed by atoms with Gasteiger partial charge in [-0.05, 0) is 50.3 Å². The van der Waals surface area contributed by atoms with Crippen molar-refractivity contribution in [3.63, 3.8) is 0 Å². The number of ether oxygens (including phenoxy) is 1. The van der Waals surface area contributed by atoms with Gasteiger partial charge in [-0.3, -0.25) is 9.36 Å². The number of carbonyl (C=O) groups is 1. The largest absolute Gasteiger partial charge is 0.495 e. The van der Waals surface area contributed by atoms with Gasteiger partial charge in [-0.2, -0.15) is 4.98 Å². The zero-order chi connectivity index (χ0) is 20.1. The van der Waals surface area contributed by atoms with Gasteiger partial charge in [0, 0.05) is 11.3 Å². The van der Waals surface area contributed by atoms with Gasteiger partial charge in [-0.15, -0.1) is 0 Å². The second-order valence-electron chi connectivity index (χ2n) is 6.75. The number of amides is 1. The summed E-state index contributed by atoms with van der Waals surface area (Å²) in [4.78, 5) is 29.0. The van der Waals surface area contributed by atoms with Gasteiger partial charge in [0.15, 0.2) is 0 Å². The molecule has 150 valence electrons. The van der Waals surface area contributed by atoms with E-state index in [4.69, 9.17) is 4.74 Å². The van der Waals surface area contributed by atoms with E-state index in [0.29, 0.717) is 16.5 Å². The summed E-state index contributed by atoms with van der Waals surface area (Å²) in [6.45, 7) is 2.11. The highest BCUT2D eigenvalue weighted by Gasteiger charge is 2.21. The number of carbonyl (C=O) groups excluding carboxylic acids is 1. The third-order valence-corrected chi connectivity index (χ3v) is 5.76. The second-order valence-corrected chi connectivity index (χ2v) is 7.71. The number of nitrogens with one attached hydrogen (secondary N) is 1. The standard InChI is InChI=1S/C20H25N3O4S/c1-13-7-8-17(27-2)15(11-13)21-18(25)12-28-19-14-5-3-4-6-16(14)23(9-10-24)20(26)22-19/h7-8,11,24H,3-6,9-10,12H2,1-2H3,(H,21,25). The number of methoxy groups -OCH3 is 1. The summed E-state index contributed by atoms with van der Waals surface area (Å²) in [6.07, 6.45) is 3.68. The van der Waals surface area contributed by atoms with E-state index in [1.807, 2.05) is 25.1 Å². The summed E-state index contributed by atoms with van der Waals surface area (Å²) >= 11 is 1.28. The summed E-state index contributed by atoms with van der Waals surface area (Å²) in [7, 11) is 1.56. The van der Waals surface area contributed by atoms with Crippen LogP contribution in [0.3, 0.4) is 0 Å². The minimum Gasteiger partial charge on any atom is -0.495 e. The predicted octanol–water partition coefficient (Wildman–Crippen LogP) is 2.16. The molecule has 1 aliphatic rings. The molecule has 0 saturated carbocycles. The Morgan fingerprint density at radius 1 is 1.36 bits per heavy atom. The van der Waals surface area contributed by atoms with Crippen LogP contribution in [0.4, 0.5) is 5.69 Å². The van der Waals surface area contributed by atoms with Crippen molar-refractivity contribution in [3.05, 3.63) is 45.5 Å². The van der Waals surface area contributed by atoms with Crippen molar-refractivity contribution >= 4 is 23.4 Å². The molecule has 0 spiro atoms. The maximum Gasteiger partial charge on any atom is 0.348 e. The van der Waals surface area contributed by atoms with Crippen molar-refractivity contribution in [2.45, 2.75) is 44.2 Å². The first-order valence-electron chi connectivity index (χ1n) is 9.34. The van der Waals surface area contributed by atoms with Crippen LogP contribution in [0.5, 0.6) is 5.75 Å². The maximum atomic E-state index is 12.5. The molecule has 0 aliphatic heterocycles. The predicted molar refractivity (Wildman–Crippen MR) is 109 cm³/mol. The minimum absolute atomic E-state index is 0.0960. The van der Waals surface area contributed by atoms with Gasteiger partial charge in [-0.1, -0.05) is 17.8 Å². The van der Waals surface area contributed by atoms with Crippen LogP contribution >= 0.6 is 11.8 Å². The number of fused-ring (bicyclic) bond motifs is 1. The Labute approximate surface area is 168 Å². The summed E-state index contributed by atoms with van der Waals surface area (Å²) in [5.41, 5.74) is 3.26. The number of hydrogen-bond donors (Lipinski definition) is 2. The molecule has 1 aromatic carbocycles. The molecule has 1 aliphatic carbocycles. The van der Waals surface area contributed by atoms with Gasteiger partial charge in [-0.25, -0.2) is 4.79 Å². The highest BCUT2D eigenvalue weighted by molar-refractivity contribution is 8.00. The number of aryl methyl sites for hydroxylation is 1. The summed E-state index contributed by atoms with van der Waals surface area (Å²) < 4.78 is 6.86. The fraction of sp³-hybridized carbons (Fsp3) is 0.450. The lowest BCUT2D eigenvalue weighted by molar-refractivity contribution is -0.113. The van der Waals surface area contributed by atoms with E-state index in [0.717, 1.165) is 42.5 Å². The molecule has 28 heavy (non-hydrogen) atoms. The molecule has 2 N–H and O–H groups in total. The number of anilines is 1. The van der Waals surface area contributed by atoms with Gasteiger partial charge in [0.25, 0.3) is 0 Å². The van der Waals surface area contributed by atoms with Crippen molar-refractivity contribution in [2.75, 3.05) is 24.8 Å². The molecule has 3 rings (SSSR count). The number of aliphatic hydroxyl groups excluding tert-OH is 1. The van der Waals surface area contributed by atoms with E-state index in [-0.39, 0.29) is 30.5 Å². The molecule has 7 nitrogen and oxygen atoms in total. The molecule has 8 heteroatoms. The van der Waals surface area contributed by atoms with E-state index < -0.39 is 0 Å². The number of aliphatic hydroxyl groups is 1. The molecule has 0 unspecified atom stereocenters. The van der Waals surface area contributed by atoms with Crippen LogP contribution in [-0.4, -0.2) is 40.0 Å². The molecule has 0 saturated heterocycles. The Kier molecular flexibility index (Phi) is 6.74. The van der Waals surface area contributed by atoms with Gasteiger partial charge in [0.2, 0.25) is 5.91 Å². The van der Waals surface area contributed by atoms with Gasteiger partial charge < -0.3 is 15.2 Å². The van der Waals surface area contributed by atoms with Crippen molar-refractivity contribution in [1.29, 1.82) is 0 Å². The quantitative estimate of drug-likeness (QED) is 0.544. The molecule has 0 fully saturated rings. The molecule has 0 radical (unpaired) electrons. The zero-order valence-electron chi connectivity index (χ0n) is 16.2. The Morgan fingerprint density at radius 3 is 2.89 bits per heavy atom. The minimum atomic E-state index is -0.363. The van der Waals surface area contributed by atoms with E-state index in [9.17, 15) is 14.7 Å². The lowest BCUT2D eigenvalue weighted by atomic mass is 9.97. The normalized spacial score (nSPS) is 13.1. The Morgan fingerprint density at radius 2 is 2.14 bits per heavy atom. The van der Waals surface area contributed by atoms with Crippen LogP contribution in [-0.2, 0) is 24.2 Å². The molecule has 2 aromatic rings. The first-order chi connectivity index (χ1) is 13.5. The smallest absolute Gasteiger partial charge is 0.348 e. The molecule has 1 heterocycles. The third kappa shape index (κ3) is 4.56.